The Hall–Kier alpha value is -3.54. The third kappa shape index (κ3) is 3.87. The van der Waals surface area contributed by atoms with E-state index in [1.165, 1.54) is 17.7 Å². The van der Waals surface area contributed by atoms with Gasteiger partial charge in [-0.2, -0.15) is 5.10 Å². The minimum atomic E-state index is -0.315. The average Bonchev–Trinajstić information content (AvgIpc) is 3.05. The molecule has 0 atom stereocenters. The summed E-state index contributed by atoms with van der Waals surface area (Å²) in [5, 5.41) is 8.26. The molecular formula is C23H21FN4O. The summed E-state index contributed by atoms with van der Waals surface area (Å²) in [7, 11) is 0. The van der Waals surface area contributed by atoms with Gasteiger partial charge in [-0.05, 0) is 56.2 Å². The van der Waals surface area contributed by atoms with Crippen LogP contribution in [0.5, 0.6) is 0 Å². The topological polar surface area (TPSA) is 59.8 Å². The predicted molar refractivity (Wildman–Crippen MR) is 111 cm³/mol. The molecule has 4 aromatic rings. The van der Waals surface area contributed by atoms with Gasteiger partial charge in [0, 0.05) is 12.2 Å². The fourth-order valence-corrected chi connectivity index (χ4v) is 3.42. The number of benzene rings is 2. The first-order valence-corrected chi connectivity index (χ1v) is 9.48. The summed E-state index contributed by atoms with van der Waals surface area (Å²) >= 11 is 0. The first-order chi connectivity index (χ1) is 14.0. The SMILES string of the molecule is Cc1cc(C(=O)NCCc2ccccc2)c2c(C)nn(-c3ccc(F)cc3)c2n1. The number of fused-ring (bicyclic) bond motifs is 1. The van der Waals surface area contributed by atoms with Crippen molar-refractivity contribution in [2.45, 2.75) is 20.3 Å². The summed E-state index contributed by atoms with van der Waals surface area (Å²) in [6.07, 6.45) is 0.758. The minimum Gasteiger partial charge on any atom is -0.352 e. The molecule has 0 fully saturated rings. The Morgan fingerprint density at radius 1 is 1.07 bits per heavy atom. The largest absolute Gasteiger partial charge is 0.352 e. The maximum absolute atomic E-state index is 13.3. The highest BCUT2D eigenvalue weighted by Crippen LogP contribution is 2.25. The number of pyridine rings is 1. The van der Waals surface area contributed by atoms with E-state index in [0.717, 1.165) is 6.42 Å². The summed E-state index contributed by atoms with van der Waals surface area (Å²) < 4.78 is 14.9. The van der Waals surface area contributed by atoms with Crippen LogP contribution in [0.2, 0.25) is 0 Å². The summed E-state index contributed by atoms with van der Waals surface area (Å²) in [4.78, 5) is 17.5. The number of hydrogen-bond acceptors (Lipinski definition) is 3. The molecule has 0 bridgehead atoms. The Morgan fingerprint density at radius 3 is 2.52 bits per heavy atom. The zero-order valence-corrected chi connectivity index (χ0v) is 16.3. The van der Waals surface area contributed by atoms with Crippen LogP contribution in [0.25, 0.3) is 16.7 Å². The number of rotatable bonds is 5. The molecule has 1 amide bonds. The number of aryl methyl sites for hydroxylation is 2. The molecule has 0 saturated heterocycles. The molecule has 0 unspecified atom stereocenters. The Kier molecular flexibility index (Phi) is 5.08. The molecule has 4 rings (SSSR count). The van der Waals surface area contributed by atoms with Gasteiger partial charge in [0.2, 0.25) is 0 Å². The highest BCUT2D eigenvalue weighted by atomic mass is 19.1. The number of carbonyl (C=O) groups is 1. The second-order valence-corrected chi connectivity index (χ2v) is 6.97. The van der Waals surface area contributed by atoms with Crippen molar-refractivity contribution in [3.8, 4) is 5.69 Å². The number of hydrogen-bond donors (Lipinski definition) is 1. The standard InChI is InChI=1S/C23H21FN4O/c1-15-14-20(23(29)25-13-12-17-6-4-3-5-7-17)21-16(2)27-28(22(21)26-15)19-10-8-18(24)9-11-19/h3-11,14H,12-13H2,1-2H3,(H,25,29). The second kappa shape index (κ2) is 7.83. The van der Waals surface area contributed by atoms with Crippen LogP contribution in [0.4, 0.5) is 4.39 Å². The molecule has 0 aliphatic carbocycles. The van der Waals surface area contributed by atoms with Crippen LogP contribution < -0.4 is 5.32 Å². The van der Waals surface area contributed by atoms with Gasteiger partial charge < -0.3 is 5.32 Å². The van der Waals surface area contributed by atoms with Gasteiger partial charge in [0.25, 0.3) is 5.91 Å². The second-order valence-electron chi connectivity index (χ2n) is 6.97. The lowest BCUT2D eigenvalue weighted by molar-refractivity contribution is 0.0955. The summed E-state index contributed by atoms with van der Waals surface area (Å²) in [6.45, 7) is 4.23. The van der Waals surface area contributed by atoms with E-state index in [2.05, 4.69) is 15.4 Å². The van der Waals surface area contributed by atoms with Crippen molar-refractivity contribution in [3.05, 3.63) is 89.0 Å². The molecule has 146 valence electrons. The molecule has 2 aromatic carbocycles. The van der Waals surface area contributed by atoms with E-state index in [-0.39, 0.29) is 11.7 Å². The number of nitrogens with one attached hydrogen (secondary N) is 1. The Morgan fingerprint density at radius 2 is 1.79 bits per heavy atom. The lowest BCUT2D eigenvalue weighted by Crippen LogP contribution is -2.26. The van der Waals surface area contributed by atoms with Crippen LogP contribution in [0, 0.1) is 19.7 Å². The van der Waals surface area contributed by atoms with Crippen LogP contribution >= 0.6 is 0 Å². The number of aromatic nitrogens is 3. The van der Waals surface area contributed by atoms with Gasteiger partial charge in [0.05, 0.1) is 22.3 Å². The Labute approximate surface area is 168 Å². The van der Waals surface area contributed by atoms with Crippen LogP contribution in [0.3, 0.4) is 0 Å². The fourth-order valence-electron chi connectivity index (χ4n) is 3.42. The number of halogens is 1. The number of carbonyl (C=O) groups excluding carboxylic acids is 1. The molecule has 6 heteroatoms. The van der Waals surface area contributed by atoms with E-state index in [1.54, 1.807) is 22.9 Å². The van der Waals surface area contributed by atoms with E-state index in [1.807, 2.05) is 44.2 Å². The van der Waals surface area contributed by atoms with E-state index in [0.29, 0.717) is 40.2 Å². The Bertz CT molecular complexity index is 1170. The molecule has 0 spiro atoms. The van der Waals surface area contributed by atoms with Gasteiger partial charge in [-0.15, -0.1) is 0 Å². The molecule has 0 saturated carbocycles. The molecular weight excluding hydrogens is 367 g/mol. The maximum Gasteiger partial charge on any atom is 0.252 e. The van der Waals surface area contributed by atoms with Crippen LogP contribution in [-0.4, -0.2) is 27.2 Å². The van der Waals surface area contributed by atoms with Gasteiger partial charge in [0.15, 0.2) is 5.65 Å². The summed E-state index contributed by atoms with van der Waals surface area (Å²) in [6, 6.07) is 17.9. The van der Waals surface area contributed by atoms with E-state index >= 15 is 0 Å². The van der Waals surface area contributed by atoms with Gasteiger partial charge >= 0.3 is 0 Å². The first-order valence-electron chi connectivity index (χ1n) is 9.48. The normalized spacial score (nSPS) is 11.0. The monoisotopic (exact) mass is 388 g/mol. The first kappa shape index (κ1) is 18.8. The van der Waals surface area contributed by atoms with Crippen molar-refractivity contribution in [2.75, 3.05) is 6.54 Å². The predicted octanol–water partition coefficient (Wildman–Crippen LogP) is 4.15. The maximum atomic E-state index is 13.3. The van der Waals surface area contributed by atoms with Crippen LogP contribution in [-0.2, 0) is 6.42 Å². The molecule has 0 aliphatic heterocycles. The fraction of sp³-hybridized carbons (Fsp3) is 0.174. The third-order valence-corrected chi connectivity index (χ3v) is 4.80. The minimum absolute atomic E-state index is 0.154. The number of amides is 1. The average molecular weight is 388 g/mol. The summed E-state index contributed by atoms with van der Waals surface area (Å²) in [5.41, 5.74) is 4.41. The van der Waals surface area contributed by atoms with Crippen molar-refractivity contribution in [2.24, 2.45) is 0 Å². The lowest BCUT2D eigenvalue weighted by atomic mass is 10.1. The zero-order chi connectivity index (χ0) is 20.4. The van der Waals surface area contributed by atoms with Crippen molar-refractivity contribution < 1.29 is 9.18 Å². The lowest BCUT2D eigenvalue weighted by Gasteiger charge is -2.09. The zero-order valence-electron chi connectivity index (χ0n) is 16.3. The molecule has 0 radical (unpaired) electrons. The van der Waals surface area contributed by atoms with Crippen LogP contribution in [0.1, 0.15) is 27.3 Å². The Balaban J connectivity index is 1.66. The quantitative estimate of drug-likeness (QED) is 0.559. The van der Waals surface area contributed by atoms with Crippen molar-refractivity contribution in [3.63, 3.8) is 0 Å². The van der Waals surface area contributed by atoms with E-state index in [9.17, 15) is 9.18 Å². The molecule has 0 aliphatic rings. The molecule has 2 heterocycles. The van der Waals surface area contributed by atoms with Gasteiger partial charge in [-0.25, -0.2) is 14.1 Å². The van der Waals surface area contributed by atoms with Crippen molar-refractivity contribution in [1.29, 1.82) is 0 Å². The van der Waals surface area contributed by atoms with E-state index < -0.39 is 0 Å². The van der Waals surface area contributed by atoms with Crippen molar-refractivity contribution in [1.82, 2.24) is 20.1 Å². The third-order valence-electron chi connectivity index (χ3n) is 4.80. The highest BCUT2D eigenvalue weighted by molar-refractivity contribution is 6.06. The molecule has 29 heavy (non-hydrogen) atoms. The number of nitrogens with zero attached hydrogens (tertiary/aromatic N) is 3. The molecule has 5 nitrogen and oxygen atoms in total. The summed E-state index contributed by atoms with van der Waals surface area (Å²) in [5.74, 6) is -0.470. The molecule has 1 N–H and O–H groups in total. The van der Waals surface area contributed by atoms with Crippen molar-refractivity contribution >= 4 is 16.9 Å². The van der Waals surface area contributed by atoms with Gasteiger partial charge in [-0.3, -0.25) is 4.79 Å². The highest BCUT2D eigenvalue weighted by Gasteiger charge is 2.19. The van der Waals surface area contributed by atoms with Crippen LogP contribution in [0.15, 0.2) is 60.7 Å². The van der Waals surface area contributed by atoms with E-state index in [4.69, 9.17) is 0 Å². The smallest absolute Gasteiger partial charge is 0.252 e. The van der Waals surface area contributed by atoms with Gasteiger partial charge in [0.1, 0.15) is 5.82 Å². The van der Waals surface area contributed by atoms with Gasteiger partial charge in [-0.1, -0.05) is 30.3 Å². The molecule has 2 aromatic heterocycles.